The molecule has 0 heterocycles. The Labute approximate surface area is 137 Å². The molecule has 0 saturated heterocycles. The first kappa shape index (κ1) is 16.6. The van der Waals surface area contributed by atoms with Crippen LogP contribution in [0.4, 0.5) is 10.1 Å². The molecule has 2 aromatic carbocycles. The van der Waals surface area contributed by atoms with Gasteiger partial charge in [0.15, 0.2) is 0 Å². The quantitative estimate of drug-likeness (QED) is 0.849. The number of halogens is 2. The van der Waals surface area contributed by atoms with Crippen molar-refractivity contribution in [2.24, 2.45) is 0 Å². The van der Waals surface area contributed by atoms with Crippen molar-refractivity contribution in [3.8, 4) is 5.75 Å². The second kappa shape index (κ2) is 8.06. The number of rotatable bonds is 6. The lowest BCUT2D eigenvalue weighted by Crippen LogP contribution is -2.14. The summed E-state index contributed by atoms with van der Waals surface area (Å²) in [6.07, 6.45) is 0. The van der Waals surface area contributed by atoms with Crippen molar-refractivity contribution in [3.63, 3.8) is 0 Å². The van der Waals surface area contributed by atoms with E-state index in [0.717, 1.165) is 0 Å². The molecule has 6 heteroatoms. The summed E-state index contributed by atoms with van der Waals surface area (Å²) in [5.74, 6) is 0.710. The molecule has 0 aliphatic rings. The normalized spacial score (nSPS) is 10.3. The van der Waals surface area contributed by atoms with Crippen LogP contribution in [0.3, 0.4) is 0 Å². The molecule has 0 aliphatic carbocycles. The highest BCUT2D eigenvalue weighted by Crippen LogP contribution is 2.24. The third kappa shape index (κ3) is 4.64. The van der Waals surface area contributed by atoms with E-state index in [1.807, 2.05) is 0 Å². The number of hydrogen-bond acceptors (Lipinski definition) is 3. The summed E-state index contributed by atoms with van der Waals surface area (Å²) < 4.78 is 18.7. The number of methoxy groups -OCH3 is 1. The predicted molar refractivity (Wildman–Crippen MR) is 89.2 cm³/mol. The van der Waals surface area contributed by atoms with Crippen molar-refractivity contribution in [1.82, 2.24) is 0 Å². The Hall–Kier alpha value is -1.72. The molecule has 0 spiro atoms. The molecule has 0 saturated carbocycles. The maximum atomic E-state index is 13.6. The number of anilines is 1. The highest BCUT2D eigenvalue weighted by Gasteiger charge is 2.09. The monoisotopic (exact) mass is 339 g/mol. The van der Waals surface area contributed by atoms with Gasteiger partial charge in [0.25, 0.3) is 0 Å². The Morgan fingerprint density at radius 1 is 1.32 bits per heavy atom. The summed E-state index contributed by atoms with van der Waals surface area (Å²) in [5.41, 5.74) is 1.08. The first-order valence-corrected chi connectivity index (χ1v) is 8.08. The average molecular weight is 340 g/mol. The molecule has 0 aliphatic heterocycles. The topological polar surface area (TPSA) is 38.3 Å². The van der Waals surface area contributed by atoms with Gasteiger partial charge in [-0.3, -0.25) is 4.79 Å². The van der Waals surface area contributed by atoms with Gasteiger partial charge in [0, 0.05) is 28.1 Å². The summed E-state index contributed by atoms with van der Waals surface area (Å²) in [6, 6.07) is 11.6. The van der Waals surface area contributed by atoms with Crippen LogP contribution in [0, 0.1) is 5.82 Å². The van der Waals surface area contributed by atoms with E-state index < -0.39 is 0 Å². The molecule has 2 rings (SSSR count). The lowest BCUT2D eigenvalue weighted by Gasteiger charge is -2.08. The average Bonchev–Trinajstić information content (AvgIpc) is 2.50. The molecule has 0 fully saturated rings. The van der Waals surface area contributed by atoms with Gasteiger partial charge in [-0.2, -0.15) is 0 Å². The van der Waals surface area contributed by atoms with E-state index in [-0.39, 0.29) is 17.5 Å². The van der Waals surface area contributed by atoms with E-state index in [9.17, 15) is 9.18 Å². The van der Waals surface area contributed by atoms with E-state index in [1.54, 1.807) is 43.5 Å². The second-order valence-corrected chi connectivity index (χ2v) is 5.87. The van der Waals surface area contributed by atoms with Crippen LogP contribution in [0.2, 0.25) is 5.02 Å². The Morgan fingerprint density at radius 3 is 2.82 bits per heavy atom. The number of carbonyl (C=O) groups excluding carboxylic acids is 1. The molecule has 22 heavy (non-hydrogen) atoms. The fourth-order valence-corrected chi connectivity index (χ4v) is 2.98. The summed E-state index contributed by atoms with van der Waals surface area (Å²) in [7, 11) is 1.56. The van der Waals surface area contributed by atoms with Crippen LogP contribution >= 0.6 is 23.4 Å². The third-order valence-electron chi connectivity index (χ3n) is 2.89. The second-order valence-electron chi connectivity index (χ2n) is 4.47. The Balaban J connectivity index is 1.85. The standard InChI is InChI=1S/C16H15ClFNO2S/c1-21-12-5-2-4-11(8-12)19-16(20)10-22-9-13-14(17)6-3-7-15(13)18/h2-8H,9-10H2,1H3,(H,19,20). The SMILES string of the molecule is COc1cccc(NC(=O)CSCc2c(F)cccc2Cl)c1. The number of hydrogen-bond donors (Lipinski definition) is 1. The van der Waals surface area contributed by atoms with Gasteiger partial charge < -0.3 is 10.1 Å². The molecule has 0 unspecified atom stereocenters. The summed E-state index contributed by atoms with van der Waals surface area (Å²) >= 11 is 7.24. The van der Waals surface area contributed by atoms with E-state index >= 15 is 0 Å². The van der Waals surface area contributed by atoms with Gasteiger partial charge >= 0.3 is 0 Å². The lowest BCUT2D eigenvalue weighted by atomic mass is 10.2. The lowest BCUT2D eigenvalue weighted by molar-refractivity contribution is -0.113. The van der Waals surface area contributed by atoms with Crippen LogP contribution in [0.15, 0.2) is 42.5 Å². The molecular formula is C16H15ClFNO2S. The smallest absolute Gasteiger partial charge is 0.234 e. The van der Waals surface area contributed by atoms with E-state index in [4.69, 9.17) is 16.3 Å². The van der Waals surface area contributed by atoms with Gasteiger partial charge in [-0.25, -0.2) is 4.39 Å². The molecule has 1 N–H and O–H groups in total. The zero-order chi connectivity index (χ0) is 15.9. The fraction of sp³-hybridized carbons (Fsp3) is 0.188. The first-order chi connectivity index (χ1) is 10.6. The summed E-state index contributed by atoms with van der Waals surface area (Å²) in [5, 5.41) is 3.14. The molecule has 0 bridgehead atoms. The van der Waals surface area contributed by atoms with Crippen molar-refractivity contribution in [2.45, 2.75) is 5.75 Å². The van der Waals surface area contributed by atoms with Crippen LogP contribution in [-0.4, -0.2) is 18.8 Å². The van der Waals surface area contributed by atoms with Crippen molar-refractivity contribution in [3.05, 3.63) is 58.9 Å². The zero-order valence-corrected chi connectivity index (χ0v) is 13.5. The molecule has 0 radical (unpaired) electrons. The van der Waals surface area contributed by atoms with E-state index in [1.165, 1.54) is 17.8 Å². The van der Waals surface area contributed by atoms with E-state index in [2.05, 4.69) is 5.32 Å². The van der Waals surface area contributed by atoms with Crippen LogP contribution in [0.5, 0.6) is 5.75 Å². The molecular weight excluding hydrogens is 325 g/mol. The molecule has 0 aromatic heterocycles. The van der Waals surface area contributed by atoms with Gasteiger partial charge in [-0.05, 0) is 24.3 Å². The molecule has 3 nitrogen and oxygen atoms in total. The van der Waals surface area contributed by atoms with Crippen LogP contribution in [0.1, 0.15) is 5.56 Å². The Morgan fingerprint density at radius 2 is 2.09 bits per heavy atom. The Kier molecular flexibility index (Phi) is 6.10. The van der Waals surface area contributed by atoms with Gasteiger partial charge in [0.2, 0.25) is 5.91 Å². The third-order valence-corrected chi connectivity index (χ3v) is 4.21. The van der Waals surface area contributed by atoms with Gasteiger partial charge in [0.05, 0.1) is 12.9 Å². The van der Waals surface area contributed by atoms with Crippen molar-refractivity contribution in [2.75, 3.05) is 18.2 Å². The highest BCUT2D eigenvalue weighted by atomic mass is 35.5. The number of ether oxygens (including phenoxy) is 1. The van der Waals surface area contributed by atoms with Gasteiger partial charge in [0.1, 0.15) is 11.6 Å². The molecule has 0 atom stereocenters. The summed E-state index contributed by atoms with van der Waals surface area (Å²) in [4.78, 5) is 11.9. The maximum Gasteiger partial charge on any atom is 0.234 e. The first-order valence-electron chi connectivity index (χ1n) is 6.54. The maximum absolute atomic E-state index is 13.6. The Bertz CT molecular complexity index is 646. The molecule has 2 aromatic rings. The number of benzene rings is 2. The van der Waals surface area contributed by atoms with Crippen LogP contribution in [0.25, 0.3) is 0 Å². The highest BCUT2D eigenvalue weighted by molar-refractivity contribution is 7.99. The van der Waals surface area contributed by atoms with Crippen LogP contribution < -0.4 is 10.1 Å². The zero-order valence-electron chi connectivity index (χ0n) is 11.9. The minimum atomic E-state index is -0.354. The van der Waals surface area contributed by atoms with Gasteiger partial charge in [-0.1, -0.05) is 23.7 Å². The minimum Gasteiger partial charge on any atom is -0.497 e. The number of thioether (sulfide) groups is 1. The number of amides is 1. The molecule has 1 amide bonds. The number of nitrogens with one attached hydrogen (secondary N) is 1. The number of carbonyl (C=O) groups is 1. The van der Waals surface area contributed by atoms with Crippen molar-refractivity contribution in [1.29, 1.82) is 0 Å². The van der Waals surface area contributed by atoms with E-state index in [0.29, 0.717) is 27.8 Å². The fourth-order valence-electron chi connectivity index (χ4n) is 1.81. The van der Waals surface area contributed by atoms with Crippen molar-refractivity contribution >= 4 is 35.0 Å². The summed E-state index contributed by atoms with van der Waals surface area (Å²) in [6.45, 7) is 0. The van der Waals surface area contributed by atoms with Crippen molar-refractivity contribution < 1.29 is 13.9 Å². The van der Waals surface area contributed by atoms with Gasteiger partial charge in [-0.15, -0.1) is 11.8 Å². The largest absolute Gasteiger partial charge is 0.497 e. The van der Waals surface area contributed by atoms with Crippen LogP contribution in [-0.2, 0) is 10.5 Å². The molecule has 116 valence electrons. The minimum absolute atomic E-state index is 0.161. The predicted octanol–water partition coefficient (Wildman–Crippen LogP) is 4.36.